The number of carbonyl (C=O) groups excluding carboxylic acids is 4. The molecule has 1 fully saturated rings. The highest BCUT2D eigenvalue weighted by Gasteiger charge is 2.51. The quantitative estimate of drug-likeness (QED) is 0.484. The first kappa shape index (κ1) is 22.9. The van der Waals surface area contributed by atoms with Crippen LogP contribution < -0.4 is 10.6 Å². The van der Waals surface area contributed by atoms with E-state index < -0.39 is 48.5 Å². The van der Waals surface area contributed by atoms with Crippen molar-refractivity contribution in [2.45, 2.75) is 31.8 Å². The predicted molar refractivity (Wildman–Crippen MR) is 113 cm³/mol. The lowest BCUT2D eigenvalue weighted by atomic mass is 9.87. The predicted octanol–water partition coefficient (Wildman–Crippen LogP) is 2.40. The molecule has 0 aromatic heterocycles. The number of esters is 1. The monoisotopic (exact) mass is 441 g/mol. The van der Waals surface area contributed by atoms with E-state index >= 15 is 0 Å². The molecule has 32 heavy (non-hydrogen) atoms. The molecule has 2 N–H and O–H groups in total. The first-order valence-electron chi connectivity index (χ1n) is 10.2. The van der Waals surface area contributed by atoms with Crippen molar-refractivity contribution in [2.24, 2.45) is 0 Å². The fourth-order valence-electron chi connectivity index (χ4n) is 3.57. The van der Waals surface area contributed by atoms with Crippen LogP contribution in [0.1, 0.15) is 37.4 Å². The van der Waals surface area contributed by atoms with Gasteiger partial charge in [0.05, 0.1) is 6.04 Å². The molecule has 1 saturated heterocycles. The van der Waals surface area contributed by atoms with Crippen molar-refractivity contribution in [3.05, 3.63) is 71.5 Å². The highest BCUT2D eigenvalue weighted by molar-refractivity contribution is 6.09. The van der Waals surface area contributed by atoms with E-state index in [4.69, 9.17) is 4.74 Å². The SMILES string of the molecule is CCC1(c2ccccc2)NC(=O)N(CC(=O)OCC(=O)NC(C)c2ccc(F)cc2)C1=O. The summed E-state index contributed by atoms with van der Waals surface area (Å²) in [7, 11) is 0. The number of imide groups is 1. The molecule has 0 bridgehead atoms. The molecular formula is C23H24FN3O5. The van der Waals surface area contributed by atoms with Gasteiger partial charge in [-0.05, 0) is 36.6 Å². The van der Waals surface area contributed by atoms with Crippen LogP contribution in [-0.4, -0.2) is 41.9 Å². The van der Waals surface area contributed by atoms with Crippen molar-refractivity contribution in [1.29, 1.82) is 0 Å². The topological polar surface area (TPSA) is 105 Å². The van der Waals surface area contributed by atoms with Gasteiger partial charge in [0.2, 0.25) is 0 Å². The number of ether oxygens (including phenoxy) is 1. The van der Waals surface area contributed by atoms with Crippen LogP contribution in [0.3, 0.4) is 0 Å². The van der Waals surface area contributed by atoms with Crippen LogP contribution in [0.25, 0.3) is 0 Å². The van der Waals surface area contributed by atoms with Crippen LogP contribution in [-0.2, 0) is 24.7 Å². The number of hydrogen-bond donors (Lipinski definition) is 2. The summed E-state index contributed by atoms with van der Waals surface area (Å²) in [5.41, 5.74) is 0.0498. The van der Waals surface area contributed by atoms with Crippen LogP contribution in [0, 0.1) is 5.82 Å². The van der Waals surface area contributed by atoms with Crippen LogP contribution in [0.5, 0.6) is 0 Å². The van der Waals surface area contributed by atoms with E-state index in [0.29, 0.717) is 17.5 Å². The van der Waals surface area contributed by atoms with Crippen LogP contribution >= 0.6 is 0 Å². The largest absolute Gasteiger partial charge is 0.454 e. The van der Waals surface area contributed by atoms with Gasteiger partial charge in [-0.3, -0.25) is 19.3 Å². The zero-order valence-electron chi connectivity index (χ0n) is 17.8. The number of carbonyl (C=O) groups is 4. The average molecular weight is 441 g/mol. The Hall–Kier alpha value is -3.75. The number of amides is 4. The van der Waals surface area contributed by atoms with Gasteiger partial charge in [0.25, 0.3) is 11.8 Å². The Morgan fingerprint density at radius 3 is 2.41 bits per heavy atom. The molecule has 2 aromatic rings. The van der Waals surface area contributed by atoms with Gasteiger partial charge >= 0.3 is 12.0 Å². The smallest absolute Gasteiger partial charge is 0.326 e. The Labute approximate surface area is 184 Å². The van der Waals surface area contributed by atoms with Gasteiger partial charge < -0.3 is 15.4 Å². The molecular weight excluding hydrogens is 417 g/mol. The maximum Gasteiger partial charge on any atom is 0.326 e. The van der Waals surface area contributed by atoms with Gasteiger partial charge in [0, 0.05) is 0 Å². The molecule has 0 saturated carbocycles. The molecule has 3 rings (SSSR count). The minimum absolute atomic E-state index is 0.302. The molecule has 8 nitrogen and oxygen atoms in total. The van der Waals surface area contributed by atoms with Gasteiger partial charge in [-0.1, -0.05) is 49.4 Å². The zero-order chi connectivity index (χ0) is 23.3. The third-order valence-electron chi connectivity index (χ3n) is 5.37. The number of nitrogens with one attached hydrogen (secondary N) is 2. The molecule has 168 valence electrons. The average Bonchev–Trinajstić information content (AvgIpc) is 3.03. The summed E-state index contributed by atoms with van der Waals surface area (Å²) >= 11 is 0. The fraction of sp³-hybridized carbons (Fsp3) is 0.304. The van der Waals surface area contributed by atoms with Crippen LogP contribution in [0.15, 0.2) is 54.6 Å². The lowest BCUT2D eigenvalue weighted by molar-refractivity contribution is -0.151. The van der Waals surface area contributed by atoms with E-state index in [9.17, 15) is 23.6 Å². The third-order valence-corrected chi connectivity index (χ3v) is 5.37. The van der Waals surface area contributed by atoms with E-state index in [0.717, 1.165) is 4.90 Å². The zero-order valence-corrected chi connectivity index (χ0v) is 17.8. The number of hydrogen-bond acceptors (Lipinski definition) is 5. The Kier molecular flexibility index (Phi) is 6.87. The molecule has 2 unspecified atom stereocenters. The van der Waals surface area contributed by atoms with E-state index in [1.54, 1.807) is 44.2 Å². The third kappa shape index (κ3) is 4.77. The Bertz CT molecular complexity index is 1010. The molecule has 2 aromatic carbocycles. The summed E-state index contributed by atoms with van der Waals surface area (Å²) in [6.45, 7) is 2.28. The molecule has 2 atom stereocenters. The van der Waals surface area contributed by atoms with Crippen molar-refractivity contribution in [2.75, 3.05) is 13.2 Å². The van der Waals surface area contributed by atoms with E-state index in [-0.39, 0.29) is 5.82 Å². The Balaban J connectivity index is 1.55. The normalized spacial score (nSPS) is 18.8. The van der Waals surface area contributed by atoms with Crippen LogP contribution in [0.2, 0.25) is 0 Å². The molecule has 0 spiro atoms. The van der Waals surface area contributed by atoms with E-state index in [1.165, 1.54) is 24.3 Å². The van der Waals surface area contributed by atoms with Crippen molar-refractivity contribution >= 4 is 23.8 Å². The van der Waals surface area contributed by atoms with Crippen molar-refractivity contribution < 1.29 is 28.3 Å². The first-order chi connectivity index (χ1) is 15.3. The highest BCUT2D eigenvalue weighted by Crippen LogP contribution is 2.32. The molecule has 0 radical (unpaired) electrons. The van der Waals surface area contributed by atoms with Gasteiger partial charge in [0.15, 0.2) is 6.61 Å². The van der Waals surface area contributed by atoms with E-state index in [1.807, 2.05) is 0 Å². The van der Waals surface area contributed by atoms with Crippen molar-refractivity contribution in [3.63, 3.8) is 0 Å². The standard InChI is InChI=1S/C23H24FN3O5/c1-3-23(17-7-5-4-6-8-17)21(30)27(22(31)26-23)13-20(29)32-14-19(28)25-15(2)16-9-11-18(24)12-10-16/h4-12,15H,3,13-14H2,1-2H3,(H,25,28)(H,26,31). The molecule has 4 amide bonds. The molecule has 1 heterocycles. The van der Waals surface area contributed by atoms with Gasteiger partial charge in [-0.25, -0.2) is 9.18 Å². The second-order valence-electron chi connectivity index (χ2n) is 7.45. The summed E-state index contributed by atoms with van der Waals surface area (Å²) in [6.07, 6.45) is 0.302. The second kappa shape index (κ2) is 9.59. The van der Waals surface area contributed by atoms with Gasteiger partial charge in [0.1, 0.15) is 17.9 Å². The minimum Gasteiger partial charge on any atom is -0.454 e. The number of halogens is 1. The number of benzene rings is 2. The lowest BCUT2D eigenvalue weighted by Gasteiger charge is -2.25. The number of rotatable bonds is 8. The molecule has 9 heteroatoms. The molecule has 1 aliphatic heterocycles. The summed E-state index contributed by atoms with van der Waals surface area (Å²) in [5, 5.41) is 5.30. The van der Waals surface area contributed by atoms with Crippen molar-refractivity contribution in [1.82, 2.24) is 15.5 Å². The highest BCUT2D eigenvalue weighted by atomic mass is 19.1. The van der Waals surface area contributed by atoms with Gasteiger partial charge in [-0.2, -0.15) is 0 Å². The second-order valence-corrected chi connectivity index (χ2v) is 7.45. The lowest BCUT2D eigenvalue weighted by Crippen LogP contribution is -2.44. The fourth-order valence-corrected chi connectivity index (χ4v) is 3.57. The first-order valence-corrected chi connectivity index (χ1v) is 10.2. The summed E-state index contributed by atoms with van der Waals surface area (Å²) < 4.78 is 18.0. The van der Waals surface area contributed by atoms with E-state index in [2.05, 4.69) is 10.6 Å². The van der Waals surface area contributed by atoms with Gasteiger partial charge in [-0.15, -0.1) is 0 Å². The van der Waals surface area contributed by atoms with Crippen molar-refractivity contribution in [3.8, 4) is 0 Å². The maximum atomic E-state index is 13.0. The Morgan fingerprint density at radius 1 is 1.12 bits per heavy atom. The molecule has 0 aliphatic carbocycles. The number of nitrogens with zero attached hydrogens (tertiary/aromatic N) is 1. The maximum absolute atomic E-state index is 13.0. The minimum atomic E-state index is -1.25. The summed E-state index contributed by atoms with van der Waals surface area (Å²) in [5.74, 6) is -2.40. The molecule has 1 aliphatic rings. The summed E-state index contributed by atoms with van der Waals surface area (Å²) in [4.78, 5) is 50.5. The number of urea groups is 1. The Morgan fingerprint density at radius 2 is 1.78 bits per heavy atom. The summed E-state index contributed by atoms with van der Waals surface area (Å²) in [6, 6.07) is 13.3. The van der Waals surface area contributed by atoms with Crippen LogP contribution in [0.4, 0.5) is 9.18 Å².